The van der Waals surface area contributed by atoms with E-state index >= 15 is 0 Å². The molecular weight excluding hydrogens is 436 g/mol. The molecular formula is C25H28N4O5. The lowest BCUT2D eigenvalue weighted by Crippen LogP contribution is -2.41. The maximum Gasteiger partial charge on any atom is 0.330 e. The van der Waals surface area contributed by atoms with E-state index in [0.29, 0.717) is 17.9 Å². The summed E-state index contributed by atoms with van der Waals surface area (Å²) in [6, 6.07) is 16.0. The standard InChI is InChI=1S/C25H28N4O5/c1-2-28(24(31)18-10-12-19(13-11-18)34-16-20-9-6-14-33-20)21-22(26)29(25(32)27-23(21)30)15-17-7-4-3-5-8-17/h3-5,7-8,10-13,20H,2,6,9,14-16,26H2,1H3,(H,27,30,32). The first-order chi connectivity index (χ1) is 16.5. The van der Waals surface area contributed by atoms with Crippen LogP contribution in [0.4, 0.5) is 11.5 Å². The van der Waals surface area contributed by atoms with Gasteiger partial charge >= 0.3 is 5.69 Å². The third-order valence-electron chi connectivity index (χ3n) is 5.79. The number of nitrogens with one attached hydrogen (secondary N) is 1. The number of carbonyl (C=O) groups excluding carboxylic acids is 1. The molecule has 1 atom stereocenters. The summed E-state index contributed by atoms with van der Waals surface area (Å²) < 4.78 is 12.6. The fourth-order valence-electron chi connectivity index (χ4n) is 3.98. The van der Waals surface area contributed by atoms with Gasteiger partial charge in [0.1, 0.15) is 18.2 Å². The molecule has 2 heterocycles. The zero-order valence-corrected chi connectivity index (χ0v) is 19.0. The number of anilines is 2. The summed E-state index contributed by atoms with van der Waals surface area (Å²) in [6.07, 6.45) is 2.11. The molecule has 0 saturated carbocycles. The van der Waals surface area contributed by atoms with Crippen LogP contribution in [-0.4, -0.2) is 41.3 Å². The molecule has 4 rings (SSSR count). The van der Waals surface area contributed by atoms with Crippen LogP contribution < -0.4 is 26.6 Å². The Bertz CT molecular complexity index is 1250. The van der Waals surface area contributed by atoms with Crippen LogP contribution in [0.2, 0.25) is 0 Å². The van der Waals surface area contributed by atoms with Crippen LogP contribution in [0.25, 0.3) is 0 Å². The van der Waals surface area contributed by atoms with Crippen molar-refractivity contribution in [3.8, 4) is 5.75 Å². The Morgan fingerprint density at radius 1 is 1.18 bits per heavy atom. The zero-order chi connectivity index (χ0) is 24.1. The Morgan fingerprint density at radius 3 is 2.56 bits per heavy atom. The molecule has 9 nitrogen and oxygen atoms in total. The molecule has 178 valence electrons. The van der Waals surface area contributed by atoms with Crippen molar-refractivity contribution in [1.29, 1.82) is 0 Å². The van der Waals surface area contributed by atoms with Crippen LogP contribution in [0.3, 0.4) is 0 Å². The molecule has 1 fully saturated rings. The van der Waals surface area contributed by atoms with E-state index in [1.54, 1.807) is 31.2 Å². The molecule has 3 N–H and O–H groups in total. The number of aromatic nitrogens is 2. The van der Waals surface area contributed by atoms with Crippen molar-refractivity contribution in [2.45, 2.75) is 32.4 Å². The highest BCUT2D eigenvalue weighted by atomic mass is 16.5. The summed E-state index contributed by atoms with van der Waals surface area (Å²) >= 11 is 0. The summed E-state index contributed by atoms with van der Waals surface area (Å²) in [5.41, 5.74) is 6.07. The van der Waals surface area contributed by atoms with Crippen molar-refractivity contribution in [1.82, 2.24) is 9.55 Å². The van der Waals surface area contributed by atoms with E-state index in [0.717, 1.165) is 25.0 Å². The smallest absolute Gasteiger partial charge is 0.330 e. The first-order valence-electron chi connectivity index (χ1n) is 11.3. The third-order valence-corrected chi connectivity index (χ3v) is 5.79. The second kappa shape index (κ2) is 10.4. The van der Waals surface area contributed by atoms with E-state index in [1.165, 1.54) is 9.47 Å². The average Bonchev–Trinajstić information content (AvgIpc) is 3.37. The summed E-state index contributed by atoms with van der Waals surface area (Å²) in [5, 5.41) is 0. The van der Waals surface area contributed by atoms with E-state index in [9.17, 15) is 14.4 Å². The summed E-state index contributed by atoms with van der Waals surface area (Å²) in [6.45, 7) is 3.31. The van der Waals surface area contributed by atoms with Gasteiger partial charge in [-0.3, -0.25) is 19.1 Å². The van der Waals surface area contributed by atoms with Crippen LogP contribution in [0.1, 0.15) is 35.7 Å². The highest BCUT2D eigenvalue weighted by Gasteiger charge is 2.24. The second-order valence-corrected chi connectivity index (χ2v) is 8.08. The van der Waals surface area contributed by atoms with Crippen molar-refractivity contribution in [3.05, 3.63) is 86.6 Å². The van der Waals surface area contributed by atoms with E-state index in [4.69, 9.17) is 15.2 Å². The van der Waals surface area contributed by atoms with Crippen LogP contribution in [0.15, 0.2) is 64.2 Å². The quantitative estimate of drug-likeness (QED) is 0.528. The maximum absolute atomic E-state index is 13.3. The molecule has 1 aromatic heterocycles. The number of amides is 1. The number of carbonyl (C=O) groups is 1. The monoisotopic (exact) mass is 464 g/mol. The van der Waals surface area contributed by atoms with Gasteiger partial charge in [-0.1, -0.05) is 30.3 Å². The maximum atomic E-state index is 13.3. The number of H-pyrrole nitrogens is 1. The van der Waals surface area contributed by atoms with Crippen molar-refractivity contribution >= 4 is 17.4 Å². The summed E-state index contributed by atoms with van der Waals surface area (Å²) in [4.78, 5) is 42.0. The zero-order valence-electron chi connectivity index (χ0n) is 19.0. The highest BCUT2D eigenvalue weighted by molar-refractivity contribution is 6.07. The molecule has 1 unspecified atom stereocenters. The lowest BCUT2D eigenvalue weighted by molar-refractivity contribution is 0.0679. The third kappa shape index (κ3) is 5.04. The van der Waals surface area contributed by atoms with Gasteiger partial charge in [-0.2, -0.15) is 0 Å². The summed E-state index contributed by atoms with van der Waals surface area (Å²) in [5.74, 6) is 0.156. The van der Waals surface area contributed by atoms with E-state index in [1.807, 2.05) is 30.3 Å². The number of hydrogen-bond donors (Lipinski definition) is 2. The lowest BCUT2D eigenvalue weighted by Gasteiger charge is -2.23. The number of hydrogen-bond acceptors (Lipinski definition) is 6. The van der Waals surface area contributed by atoms with Gasteiger partial charge in [0.25, 0.3) is 11.5 Å². The van der Waals surface area contributed by atoms with Crippen molar-refractivity contribution in [2.75, 3.05) is 30.4 Å². The molecule has 3 aromatic rings. The largest absolute Gasteiger partial charge is 0.491 e. The van der Waals surface area contributed by atoms with Gasteiger partial charge < -0.3 is 20.1 Å². The number of nitrogens with zero attached hydrogens (tertiary/aromatic N) is 2. The van der Waals surface area contributed by atoms with Crippen molar-refractivity contribution in [2.24, 2.45) is 0 Å². The van der Waals surface area contributed by atoms with Crippen LogP contribution in [0, 0.1) is 0 Å². The molecule has 1 saturated heterocycles. The van der Waals surface area contributed by atoms with E-state index < -0.39 is 17.2 Å². The van der Waals surface area contributed by atoms with Gasteiger partial charge in [-0.05, 0) is 49.6 Å². The Morgan fingerprint density at radius 2 is 1.91 bits per heavy atom. The Labute approximate surface area is 196 Å². The van der Waals surface area contributed by atoms with Crippen LogP contribution in [0.5, 0.6) is 5.75 Å². The van der Waals surface area contributed by atoms with E-state index in [2.05, 4.69) is 4.98 Å². The SMILES string of the molecule is CCN(C(=O)c1ccc(OCC2CCCO2)cc1)c1c(N)n(Cc2ccccc2)c(=O)[nH]c1=O. The molecule has 1 aliphatic heterocycles. The normalized spacial score (nSPS) is 15.3. The topological polar surface area (TPSA) is 120 Å². The number of nitrogen functional groups attached to an aromatic ring is 1. The lowest BCUT2D eigenvalue weighted by atomic mass is 10.1. The van der Waals surface area contributed by atoms with Crippen molar-refractivity contribution < 1.29 is 14.3 Å². The Balaban J connectivity index is 1.57. The molecule has 0 bridgehead atoms. The van der Waals surface area contributed by atoms with Crippen LogP contribution in [-0.2, 0) is 11.3 Å². The number of aromatic amines is 1. The van der Waals surface area contributed by atoms with Crippen LogP contribution >= 0.6 is 0 Å². The van der Waals surface area contributed by atoms with Gasteiger partial charge in [0.2, 0.25) is 0 Å². The number of ether oxygens (including phenoxy) is 2. The van der Waals surface area contributed by atoms with Gasteiger partial charge in [-0.25, -0.2) is 4.79 Å². The molecule has 1 amide bonds. The molecule has 0 spiro atoms. The minimum Gasteiger partial charge on any atom is -0.491 e. The molecule has 9 heteroatoms. The average molecular weight is 465 g/mol. The molecule has 2 aromatic carbocycles. The molecule has 0 aliphatic carbocycles. The molecule has 0 radical (unpaired) electrons. The predicted octanol–water partition coefficient (Wildman–Crippen LogP) is 2.39. The first kappa shape index (κ1) is 23.3. The van der Waals surface area contributed by atoms with Gasteiger partial charge in [-0.15, -0.1) is 0 Å². The van der Waals surface area contributed by atoms with Gasteiger partial charge in [0.05, 0.1) is 12.6 Å². The number of nitrogens with two attached hydrogens (primary N) is 1. The van der Waals surface area contributed by atoms with Gasteiger partial charge in [0, 0.05) is 18.7 Å². The number of benzene rings is 2. The highest BCUT2D eigenvalue weighted by Crippen LogP contribution is 2.22. The number of rotatable bonds is 8. The minimum absolute atomic E-state index is 0.0539. The second-order valence-electron chi connectivity index (χ2n) is 8.08. The van der Waals surface area contributed by atoms with E-state index in [-0.39, 0.29) is 30.7 Å². The predicted molar refractivity (Wildman–Crippen MR) is 130 cm³/mol. The molecule has 1 aliphatic rings. The fourth-order valence-corrected chi connectivity index (χ4v) is 3.98. The van der Waals surface area contributed by atoms with Gasteiger partial charge in [0.15, 0.2) is 5.69 Å². The molecule has 34 heavy (non-hydrogen) atoms. The minimum atomic E-state index is -0.710. The fraction of sp³-hybridized carbons (Fsp3) is 0.320. The van der Waals surface area contributed by atoms with Crippen molar-refractivity contribution in [3.63, 3.8) is 0 Å². The Kier molecular flexibility index (Phi) is 7.12. The summed E-state index contributed by atoms with van der Waals surface area (Å²) in [7, 11) is 0. The Hall–Kier alpha value is -3.85. The first-order valence-corrected chi connectivity index (χ1v) is 11.3.